The zero-order valence-electron chi connectivity index (χ0n) is 20.5. The summed E-state index contributed by atoms with van der Waals surface area (Å²) in [4.78, 5) is 37.7. The second-order valence-corrected chi connectivity index (χ2v) is 9.58. The molecule has 9 nitrogen and oxygen atoms in total. The predicted octanol–water partition coefficient (Wildman–Crippen LogP) is 4.83. The number of piperazine rings is 1. The number of carbonyl (C=O) groups excluding carboxylic acids is 1. The third-order valence-corrected chi connectivity index (χ3v) is 7.17. The molecule has 4 heterocycles. The van der Waals surface area contributed by atoms with Crippen molar-refractivity contribution in [1.82, 2.24) is 29.8 Å². The molecular weight excluding hydrogens is 507 g/mol. The van der Waals surface area contributed by atoms with Crippen LogP contribution < -0.4 is 10.2 Å². The van der Waals surface area contributed by atoms with Crippen LogP contribution in [0.5, 0.6) is 0 Å². The fraction of sp³-hybridized carbons (Fsp3) is 0.222. The standard InChI is InChI=1S/C27H24ClFN8O/c1-16(35-26-23-25(32-14-31-23)33-15-34-26)20-13-21(28)19-3-2-8-30-22(19)24(20)36-9-11-37(12-10-36)27(38)17-4-6-18(29)7-5-17/h2-8,13-16H,9-12H2,1H3,(H2,31,32,33,34,35). The molecule has 1 aliphatic heterocycles. The van der Waals surface area contributed by atoms with Gasteiger partial charge in [0.1, 0.15) is 17.7 Å². The van der Waals surface area contributed by atoms with Gasteiger partial charge in [0.2, 0.25) is 0 Å². The van der Waals surface area contributed by atoms with Gasteiger partial charge in [-0.05, 0) is 49.4 Å². The molecule has 0 aliphatic carbocycles. The number of pyridine rings is 1. The topological polar surface area (TPSA) is 103 Å². The van der Waals surface area contributed by atoms with Gasteiger partial charge in [-0.2, -0.15) is 0 Å². The highest BCUT2D eigenvalue weighted by molar-refractivity contribution is 6.36. The number of nitrogens with one attached hydrogen (secondary N) is 2. The first-order valence-corrected chi connectivity index (χ1v) is 12.6. The number of imidazole rings is 1. The van der Waals surface area contributed by atoms with Gasteiger partial charge >= 0.3 is 0 Å². The summed E-state index contributed by atoms with van der Waals surface area (Å²) in [6.45, 7) is 4.31. The second kappa shape index (κ2) is 9.86. The zero-order chi connectivity index (χ0) is 26.2. The highest BCUT2D eigenvalue weighted by Gasteiger charge is 2.27. The van der Waals surface area contributed by atoms with Gasteiger partial charge in [0.05, 0.1) is 28.6 Å². The van der Waals surface area contributed by atoms with E-state index in [1.807, 2.05) is 25.1 Å². The molecule has 2 N–H and O–H groups in total. The van der Waals surface area contributed by atoms with Gasteiger partial charge in [0.15, 0.2) is 11.5 Å². The average Bonchev–Trinajstić information content (AvgIpc) is 3.43. The summed E-state index contributed by atoms with van der Waals surface area (Å²) in [5.74, 6) is 0.170. The lowest BCUT2D eigenvalue weighted by Gasteiger charge is -2.38. The number of aromatic nitrogens is 5. The number of aromatic amines is 1. The van der Waals surface area contributed by atoms with Gasteiger partial charge in [-0.15, -0.1) is 0 Å². The molecule has 1 saturated heterocycles. The number of anilines is 2. The number of hydrogen-bond donors (Lipinski definition) is 2. The average molecular weight is 531 g/mol. The SMILES string of the molecule is CC(Nc1ncnc2nc[nH]c12)c1cc(Cl)c2cccnc2c1N1CCN(C(=O)c2ccc(F)cc2)CC1. The number of H-pyrrole nitrogens is 1. The molecule has 6 rings (SSSR count). The van der Waals surface area contributed by atoms with Crippen molar-refractivity contribution in [2.45, 2.75) is 13.0 Å². The van der Waals surface area contributed by atoms with Crippen LogP contribution in [0.1, 0.15) is 28.9 Å². The van der Waals surface area contributed by atoms with Crippen molar-refractivity contribution in [3.05, 3.63) is 83.3 Å². The van der Waals surface area contributed by atoms with E-state index in [1.165, 1.54) is 30.6 Å². The van der Waals surface area contributed by atoms with Crippen LogP contribution in [0, 0.1) is 5.82 Å². The maximum Gasteiger partial charge on any atom is 0.253 e. The van der Waals surface area contributed by atoms with E-state index in [-0.39, 0.29) is 17.8 Å². The Balaban J connectivity index is 1.32. The van der Waals surface area contributed by atoms with Gasteiger partial charge in [-0.1, -0.05) is 11.6 Å². The highest BCUT2D eigenvalue weighted by Crippen LogP contribution is 2.39. The summed E-state index contributed by atoms with van der Waals surface area (Å²) in [5, 5.41) is 4.96. The molecule has 0 bridgehead atoms. The summed E-state index contributed by atoms with van der Waals surface area (Å²) in [5.41, 5.74) is 4.51. The first kappa shape index (κ1) is 24.1. The van der Waals surface area contributed by atoms with Crippen molar-refractivity contribution in [2.75, 3.05) is 36.4 Å². The Morgan fingerprint density at radius 3 is 2.66 bits per heavy atom. The molecule has 5 aromatic rings. The highest BCUT2D eigenvalue weighted by atomic mass is 35.5. The van der Waals surface area contributed by atoms with Gasteiger partial charge < -0.3 is 20.1 Å². The Hall–Kier alpha value is -4.31. The van der Waals surface area contributed by atoms with Gasteiger partial charge in [-0.25, -0.2) is 19.3 Å². The lowest BCUT2D eigenvalue weighted by Crippen LogP contribution is -2.49. The third-order valence-electron chi connectivity index (χ3n) is 6.86. The Morgan fingerprint density at radius 2 is 1.87 bits per heavy atom. The maximum atomic E-state index is 13.3. The molecule has 38 heavy (non-hydrogen) atoms. The molecule has 192 valence electrons. The smallest absolute Gasteiger partial charge is 0.253 e. The van der Waals surface area contributed by atoms with E-state index in [2.05, 4.69) is 30.2 Å². The number of amides is 1. The van der Waals surface area contributed by atoms with Crippen molar-refractivity contribution in [3.63, 3.8) is 0 Å². The second-order valence-electron chi connectivity index (χ2n) is 9.17. The Kier molecular flexibility index (Phi) is 6.24. The lowest BCUT2D eigenvalue weighted by atomic mass is 10.0. The molecule has 1 unspecified atom stereocenters. The van der Waals surface area contributed by atoms with Crippen LogP contribution in [0.4, 0.5) is 15.9 Å². The summed E-state index contributed by atoms with van der Waals surface area (Å²) in [6, 6.07) is 11.3. The van der Waals surface area contributed by atoms with Gasteiger partial charge in [-0.3, -0.25) is 9.78 Å². The lowest BCUT2D eigenvalue weighted by molar-refractivity contribution is 0.0747. The van der Waals surface area contributed by atoms with Gasteiger partial charge in [0.25, 0.3) is 5.91 Å². The number of nitrogens with zero attached hydrogens (tertiary/aromatic N) is 6. The van der Waals surface area contributed by atoms with E-state index in [9.17, 15) is 9.18 Å². The fourth-order valence-electron chi connectivity index (χ4n) is 4.93. The van der Waals surface area contributed by atoms with E-state index in [1.54, 1.807) is 17.4 Å². The summed E-state index contributed by atoms with van der Waals surface area (Å²) in [7, 11) is 0. The van der Waals surface area contributed by atoms with Crippen LogP contribution in [0.3, 0.4) is 0 Å². The van der Waals surface area contributed by atoms with Crippen molar-refractivity contribution in [1.29, 1.82) is 0 Å². The van der Waals surface area contributed by atoms with Crippen LogP contribution in [0.2, 0.25) is 5.02 Å². The van der Waals surface area contributed by atoms with Crippen LogP contribution in [-0.4, -0.2) is 61.9 Å². The number of carbonyl (C=O) groups is 1. The number of halogens is 2. The minimum absolute atomic E-state index is 0.105. The maximum absolute atomic E-state index is 13.3. The molecule has 1 aliphatic rings. The van der Waals surface area contributed by atoms with E-state index in [0.29, 0.717) is 48.2 Å². The van der Waals surface area contributed by atoms with E-state index < -0.39 is 0 Å². The molecule has 1 atom stereocenters. The summed E-state index contributed by atoms with van der Waals surface area (Å²) < 4.78 is 13.3. The molecule has 11 heteroatoms. The van der Waals surface area contributed by atoms with E-state index in [4.69, 9.17) is 16.6 Å². The van der Waals surface area contributed by atoms with E-state index in [0.717, 1.165) is 27.7 Å². The minimum Gasteiger partial charge on any atom is -0.366 e. The van der Waals surface area contributed by atoms with Crippen molar-refractivity contribution in [3.8, 4) is 0 Å². The molecule has 1 fully saturated rings. The molecule has 3 aromatic heterocycles. The minimum atomic E-state index is -0.362. The van der Waals surface area contributed by atoms with Crippen LogP contribution in [0.25, 0.3) is 22.1 Å². The van der Waals surface area contributed by atoms with Crippen molar-refractivity contribution < 1.29 is 9.18 Å². The Morgan fingerprint density at radius 1 is 1.08 bits per heavy atom. The Labute approximate surface area is 222 Å². The Bertz CT molecular complexity index is 1630. The number of rotatable bonds is 5. The van der Waals surface area contributed by atoms with Crippen molar-refractivity contribution in [2.24, 2.45) is 0 Å². The van der Waals surface area contributed by atoms with Gasteiger partial charge in [0, 0.05) is 48.9 Å². The van der Waals surface area contributed by atoms with E-state index >= 15 is 0 Å². The normalized spacial score (nSPS) is 14.7. The fourth-order valence-corrected chi connectivity index (χ4v) is 5.20. The molecule has 0 spiro atoms. The molecule has 2 aromatic carbocycles. The number of hydrogen-bond acceptors (Lipinski definition) is 7. The first-order valence-electron chi connectivity index (χ1n) is 12.3. The first-order chi connectivity index (χ1) is 18.5. The third kappa shape index (κ3) is 4.37. The van der Waals surface area contributed by atoms with Crippen LogP contribution in [-0.2, 0) is 0 Å². The summed E-state index contributed by atoms with van der Waals surface area (Å²) >= 11 is 6.73. The quantitative estimate of drug-likeness (QED) is 0.335. The summed E-state index contributed by atoms with van der Waals surface area (Å²) in [6.07, 6.45) is 4.83. The molecule has 1 amide bonds. The number of fused-ring (bicyclic) bond motifs is 2. The largest absolute Gasteiger partial charge is 0.366 e. The van der Waals surface area contributed by atoms with Crippen LogP contribution in [0.15, 0.2) is 61.3 Å². The predicted molar refractivity (Wildman–Crippen MR) is 145 cm³/mol. The van der Waals surface area contributed by atoms with Crippen molar-refractivity contribution >= 4 is 51.1 Å². The molecule has 0 saturated carbocycles. The molecular formula is C27H24ClFN8O. The monoisotopic (exact) mass is 530 g/mol. The molecule has 0 radical (unpaired) electrons. The van der Waals surface area contributed by atoms with Crippen LogP contribution >= 0.6 is 11.6 Å². The number of benzene rings is 2. The zero-order valence-corrected chi connectivity index (χ0v) is 21.3.